The summed E-state index contributed by atoms with van der Waals surface area (Å²) in [6.45, 7) is -1.17. The van der Waals surface area contributed by atoms with E-state index >= 15 is 0 Å². The molecule has 1 saturated heterocycles. The fraction of sp³-hybridized carbons (Fsp3) is 0.333. The Balaban J connectivity index is 1.92. The van der Waals surface area contributed by atoms with Gasteiger partial charge in [-0.1, -0.05) is 18.2 Å². The van der Waals surface area contributed by atoms with Crippen LogP contribution in [-0.2, 0) is 4.79 Å². The summed E-state index contributed by atoms with van der Waals surface area (Å²) in [5.74, 6) is -2.63. The number of benzene rings is 1. The van der Waals surface area contributed by atoms with E-state index in [1.165, 1.54) is 6.26 Å². The van der Waals surface area contributed by atoms with Crippen molar-refractivity contribution in [1.29, 1.82) is 0 Å². The normalized spacial score (nSPS) is 21.8. The summed E-state index contributed by atoms with van der Waals surface area (Å²) in [6.07, 6.45) is -4.40. The molecule has 3 rings (SSSR count). The highest BCUT2D eigenvalue weighted by Crippen LogP contribution is 2.46. The molecule has 1 aliphatic rings. The predicted molar refractivity (Wildman–Crippen MR) is 72.9 cm³/mol. The van der Waals surface area contributed by atoms with E-state index in [2.05, 4.69) is 0 Å². The van der Waals surface area contributed by atoms with Gasteiger partial charge in [0.05, 0.1) is 5.56 Å². The molecule has 0 bridgehead atoms. The van der Waals surface area contributed by atoms with Gasteiger partial charge >= 0.3 is 12.1 Å². The van der Waals surface area contributed by atoms with Crippen molar-refractivity contribution in [2.24, 2.45) is 5.41 Å². The molecule has 1 unspecified atom stereocenters. The Morgan fingerprint density at radius 1 is 1.26 bits per heavy atom. The molecule has 1 fully saturated rings. The van der Waals surface area contributed by atoms with E-state index in [9.17, 15) is 22.8 Å². The third-order valence-electron chi connectivity index (χ3n) is 4.22. The molecule has 0 radical (unpaired) electrons. The van der Waals surface area contributed by atoms with Gasteiger partial charge in [-0.05, 0) is 12.5 Å². The molecule has 23 heavy (non-hydrogen) atoms. The maximum atomic E-state index is 13.2. The molecule has 8 heteroatoms. The number of likely N-dealkylation sites (tertiary alicyclic amines) is 1. The zero-order chi connectivity index (χ0) is 16.8. The molecule has 0 spiro atoms. The van der Waals surface area contributed by atoms with Crippen LogP contribution in [0.25, 0.3) is 11.0 Å². The molecular formula is C15H12F3NO4. The van der Waals surface area contributed by atoms with Crippen molar-refractivity contribution in [2.45, 2.75) is 12.6 Å². The van der Waals surface area contributed by atoms with Gasteiger partial charge < -0.3 is 14.4 Å². The van der Waals surface area contributed by atoms with Crippen LogP contribution in [0.4, 0.5) is 13.2 Å². The summed E-state index contributed by atoms with van der Waals surface area (Å²) in [5.41, 5.74) is -2.35. The van der Waals surface area contributed by atoms with Gasteiger partial charge in [0, 0.05) is 18.5 Å². The van der Waals surface area contributed by atoms with Gasteiger partial charge in [0.25, 0.3) is 5.91 Å². The SMILES string of the molecule is O=C(c1coc2ccccc12)N1CCC(C(=O)O)(C(F)(F)F)C1. The van der Waals surface area contributed by atoms with Crippen LogP contribution in [0.1, 0.15) is 16.8 Å². The van der Waals surface area contributed by atoms with E-state index in [1.54, 1.807) is 24.3 Å². The molecule has 122 valence electrons. The topological polar surface area (TPSA) is 70.8 Å². The lowest BCUT2D eigenvalue weighted by Crippen LogP contribution is -2.47. The number of hydrogen-bond acceptors (Lipinski definition) is 3. The van der Waals surface area contributed by atoms with Crippen LogP contribution < -0.4 is 0 Å². The van der Waals surface area contributed by atoms with Crippen LogP contribution in [0.5, 0.6) is 0 Å². The first-order valence-electron chi connectivity index (χ1n) is 6.82. The van der Waals surface area contributed by atoms with Crippen LogP contribution in [0.2, 0.25) is 0 Å². The standard InChI is InChI=1S/C15H12F3NO4/c16-15(17,18)14(13(21)22)5-6-19(8-14)12(20)10-7-23-11-4-2-1-3-9(10)11/h1-4,7H,5-6,8H2,(H,21,22). The van der Waals surface area contributed by atoms with E-state index in [1.807, 2.05) is 0 Å². The minimum absolute atomic E-state index is 0.129. The number of furan rings is 1. The first kappa shape index (κ1) is 15.4. The summed E-state index contributed by atoms with van der Waals surface area (Å²) < 4.78 is 44.7. The summed E-state index contributed by atoms with van der Waals surface area (Å²) >= 11 is 0. The van der Waals surface area contributed by atoms with Gasteiger partial charge in [-0.3, -0.25) is 9.59 Å². The molecule has 1 atom stereocenters. The average Bonchev–Trinajstić information content (AvgIpc) is 3.11. The molecule has 0 aliphatic carbocycles. The minimum atomic E-state index is -4.92. The Morgan fingerprint density at radius 2 is 1.96 bits per heavy atom. The predicted octanol–water partition coefficient (Wildman–Crippen LogP) is 2.91. The number of alkyl halides is 3. The van der Waals surface area contributed by atoms with Crippen molar-refractivity contribution in [1.82, 2.24) is 4.90 Å². The molecule has 1 aromatic carbocycles. The number of carbonyl (C=O) groups is 2. The van der Waals surface area contributed by atoms with Crippen molar-refractivity contribution < 1.29 is 32.3 Å². The minimum Gasteiger partial charge on any atom is -0.481 e. The zero-order valence-corrected chi connectivity index (χ0v) is 11.8. The molecule has 2 aromatic rings. The van der Waals surface area contributed by atoms with Crippen LogP contribution in [-0.4, -0.2) is 41.1 Å². The Morgan fingerprint density at radius 3 is 2.57 bits per heavy atom. The van der Waals surface area contributed by atoms with Gasteiger partial charge in [0.2, 0.25) is 0 Å². The fourth-order valence-electron chi connectivity index (χ4n) is 2.82. The first-order valence-corrected chi connectivity index (χ1v) is 6.82. The van der Waals surface area contributed by atoms with E-state index in [4.69, 9.17) is 9.52 Å². The van der Waals surface area contributed by atoms with Crippen LogP contribution in [0.3, 0.4) is 0 Å². The third kappa shape index (κ3) is 2.25. The highest BCUT2D eigenvalue weighted by molar-refractivity contribution is 6.06. The molecule has 1 N–H and O–H groups in total. The van der Waals surface area contributed by atoms with Crippen LogP contribution in [0, 0.1) is 5.41 Å². The Labute approximate surface area is 128 Å². The van der Waals surface area contributed by atoms with Crippen LogP contribution in [0.15, 0.2) is 34.9 Å². The Bertz CT molecular complexity index is 782. The number of fused-ring (bicyclic) bond motifs is 1. The number of para-hydroxylation sites is 1. The zero-order valence-electron chi connectivity index (χ0n) is 11.8. The summed E-state index contributed by atoms with van der Waals surface area (Å²) in [7, 11) is 0. The third-order valence-corrected chi connectivity index (χ3v) is 4.22. The van der Waals surface area contributed by atoms with E-state index in [0.717, 1.165) is 4.90 Å². The monoisotopic (exact) mass is 327 g/mol. The first-order chi connectivity index (χ1) is 10.8. The van der Waals surface area contributed by atoms with Crippen molar-refractivity contribution in [3.8, 4) is 0 Å². The number of carboxylic acids is 1. The number of nitrogens with zero attached hydrogens (tertiary/aromatic N) is 1. The van der Waals surface area contributed by atoms with Gasteiger partial charge in [0.1, 0.15) is 11.8 Å². The molecule has 5 nitrogen and oxygen atoms in total. The molecular weight excluding hydrogens is 315 g/mol. The van der Waals surface area contributed by atoms with Crippen LogP contribution >= 0.6 is 0 Å². The number of carboxylic acid groups (broad SMARTS) is 1. The number of halogens is 3. The molecule has 1 amide bonds. The number of hydrogen-bond donors (Lipinski definition) is 1. The lowest BCUT2D eigenvalue weighted by Gasteiger charge is -2.27. The molecule has 1 aliphatic heterocycles. The van der Waals surface area contributed by atoms with E-state index in [0.29, 0.717) is 11.0 Å². The Hall–Kier alpha value is -2.51. The summed E-state index contributed by atoms with van der Waals surface area (Å²) in [6, 6.07) is 6.63. The molecule has 0 saturated carbocycles. The Kier molecular flexibility index (Phi) is 3.35. The largest absolute Gasteiger partial charge is 0.481 e. The lowest BCUT2D eigenvalue weighted by atomic mass is 9.86. The second-order valence-corrected chi connectivity index (χ2v) is 5.51. The van der Waals surface area contributed by atoms with Gasteiger partial charge in [-0.2, -0.15) is 13.2 Å². The number of carbonyl (C=O) groups excluding carboxylic acids is 1. The molecule has 1 aromatic heterocycles. The second kappa shape index (κ2) is 5.00. The van der Waals surface area contributed by atoms with Crippen molar-refractivity contribution in [3.63, 3.8) is 0 Å². The van der Waals surface area contributed by atoms with Crippen molar-refractivity contribution >= 4 is 22.8 Å². The maximum absolute atomic E-state index is 13.2. The number of aliphatic carboxylic acids is 1. The lowest BCUT2D eigenvalue weighted by molar-refractivity contribution is -0.227. The highest BCUT2D eigenvalue weighted by atomic mass is 19.4. The highest BCUT2D eigenvalue weighted by Gasteiger charge is 2.64. The fourth-order valence-corrected chi connectivity index (χ4v) is 2.82. The quantitative estimate of drug-likeness (QED) is 0.921. The summed E-state index contributed by atoms with van der Waals surface area (Å²) in [4.78, 5) is 24.5. The molecule has 2 heterocycles. The smallest absolute Gasteiger partial charge is 0.406 e. The van der Waals surface area contributed by atoms with Gasteiger partial charge in [0.15, 0.2) is 5.41 Å². The summed E-state index contributed by atoms with van der Waals surface area (Å²) in [5, 5.41) is 9.51. The number of rotatable bonds is 2. The number of amides is 1. The maximum Gasteiger partial charge on any atom is 0.406 e. The van der Waals surface area contributed by atoms with Crippen molar-refractivity contribution in [2.75, 3.05) is 13.1 Å². The van der Waals surface area contributed by atoms with Gasteiger partial charge in [-0.25, -0.2) is 0 Å². The second-order valence-electron chi connectivity index (χ2n) is 5.51. The van der Waals surface area contributed by atoms with Crippen molar-refractivity contribution in [3.05, 3.63) is 36.1 Å². The average molecular weight is 327 g/mol. The van der Waals surface area contributed by atoms with E-state index < -0.39 is 36.4 Å². The van der Waals surface area contributed by atoms with E-state index in [-0.39, 0.29) is 12.1 Å². The van der Waals surface area contributed by atoms with Gasteiger partial charge in [-0.15, -0.1) is 0 Å².